The third-order valence-corrected chi connectivity index (χ3v) is 3.38. The highest BCUT2D eigenvalue weighted by atomic mass is 32.2. The van der Waals surface area contributed by atoms with E-state index in [9.17, 15) is 0 Å². The molecule has 0 amide bonds. The summed E-state index contributed by atoms with van der Waals surface area (Å²) in [5.41, 5.74) is 0.972. The van der Waals surface area contributed by atoms with Crippen LogP contribution in [0.3, 0.4) is 0 Å². The molecule has 2 N–H and O–H groups in total. The summed E-state index contributed by atoms with van der Waals surface area (Å²) in [5.74, 6) is 1.56. The molecule has 90 valence electrons. The number of rotatable bonds is 6. The lowest BCUT2D eigenvalue weighted by atomic mass is 10.3. The van der Waals surface area contributed by atoms with Gasteiger partial charge in [0, 0.05) is 30.6 Å². The molecule has 1 aromatic rings. The Hall–Kier alpha value is -0.970. The number of nitrogens with one attached hydrogen (secondary N) is 2. The highest BCUT2D eigenvalue weighted by Crippen LogP contribution is 2.12. The molecule has 1 aromatic heterocycles. The van der Waals surface area contributed by atoms with Gasteiger partial charge in [-0.25, -0.2) is 4.98 Å². The fraction of sp³-hybridized carbons (Fsp3) is 0.636. The second-order valence-corrected chi connectivity index (χ2v) is 5.01. The molecule has 0 radical (unpaired) electrons. The van der Waals surface area contributed by atoms with Crippen LogP contribution in [0, 0.1) is 6.92 Å². The minimum atomic E-state index is 0.667. The molecular formula is C11H20N4S. The van der Waals surface area contributed by atoms with Gasteiger partial charge in [0.05, 0.1) is 0 Å². The summed E-state index contributed by atoms with van der Waals surface area (Å²) in [5, 5.41) is 6.95. The molecule has 0 aliphatic carbocycles. The SMILES string of the molecule is CNc1nc(C)cc(NCCC(C)SC)n1. The molecule has 0 saturated carbocycles. The van der Waals surface area contributed by atoms with E-state index in [1.165, 1.54) is 0 Å². The van der Waals surface area contributed by atoms with E-state index in [4.69, 9.17) is 0 Å². The Morgan fingerprint density at radius 3 is 2.81 bits per heavy atom. The monoisotopic (exact) mass is 240 g/mol. The third kappa shape index (κ3) is 4.26. The average molecular weight is 240 g/mol. The fourth-order valence-electron chi connectivity index (χ4n) is 1.29. The van der Waals surface area contributed by atoms with Crippen molar-refractivity contribution >= 4 is 23.5 Å². The normalized spacial score (nSPS) is 12.2. The molecule has 0 bridgehead atoms. The van der Waals surface area contributed by atoms with E-state index in [1.54, 1.807) is 0 Å². The molecule has 1 unspecified atom stereocenters. The second kappa shape index (κ2) is 6.58. The first-order valence-corrected chi connectivity index (χ1v) is 6.74. The smallest absolute Gasteiger partial charge is 0.224 e. The van der Waals surface area contributed by atoms with E-state index in [0.717, 1.165) is 24.5 Å². The van der Waals surface area contributed by atoms with Crippen LogP contribution in [0.5, 0.6) is 0 Å². The predicted molar refractivity (Wildman–Crippen MR) is 72.4 cm³/mol. The van der Waals surface area contributed by atoms with Gasteiger partial charge in [-0.15, -0.1) is 0 Å². The molecular weight excluding hydrogens is 220 g/mol. The molecule has 0 aliphatic rings. The molecule has 1 rings (SSSR count). The van der Waals surface area contributed by atoms with Crippen LogP contribution in [-0.4, -0.2) is 35.1 Å². The predicted octanol–water partition coefficient (Wildman–Crippen LogP) is 2.38. The van der Waals surface area contributed by atoms with Crippen LogP contribution in [0.2, 0.25) is 0 Å². The molecule has 5 heteroatoms. The Kier molecular flexibility index (Phi) is 5.38. The lowest BCUT2D eigenvalue weighted by Gasteiger charge is -2.10. The summed E-state index contributed by atoms with van der Waals surface area (Å²) in [6, 6.07) is 1.96. The number of hydrogen-bond acceptors (Lipinski definition) is 5. The molecule has 0 aromatic carbocycles. The average Bonchev–Trinajstić information content (AvgIpc) is 2.28. The maximum atomic E-state index is 4.33. The van der Waals surface area contributed by atoms with Crippen molar-refractivity contribution in [3.63, 3.8) is 0 Å². The van der Waals surface area contributed by atoms with E-state index in [-0.39, 0.29) is 0 Å². The minimum absolute atomic E-state index is 0.667. The molecule has 1 atom stereocenters. The Bertz CT molecular complexity index is 330. The number of aromatic nitrogens is 2. The van der Waals surface area contributed by atoms with E-state index >= 15 is 0 Å². The molecule has 1 heterocycles. The van der Waals surface area contributed by atoms with Crippen LogP contribution < -0.4 is 10.6 Å². The van der Waals surface area contributed by atoms with Gasteiger partial charge in [0.25, 0.3) is 0 Å². The third-order valence-electron chi connectivity index (χ3n) is 2.34. The first-order chi connectivity index (χ1) is 7.65. The summed E-state index contributed by atoms with van der Waals surface area (Å²) >= 11 is 1.89. The van der Waals surface area contributed by atoms with E-state index in [0.29, 0.717) is 11.2 Å². The molecule has 0 saturated heterocycles. The van der Waals surface area contributed by atoms with Crippen LogP contribution in [0.4, 0.5) is 11.8 Å². The zero-order valence-electron chi connectivity index (χ0n) is 10.4. The second-order valence-electron chi connectivity index (χ2n) is 3.73. The first kappa shape index (κ1) is 13.1. The zero-order chi connectivity index (χ0) is 12.0. The number of hydrogen-bond donors (Lipinski definition) is 2. The fourth-order valence-corrected chi connectivity index (χ4v) is 1.65. The van der Waals surface area contributed by atoms with Gasteiger partial charge in [0.2, 0.25) is 5.95 Å². The Balaban J connectivity index is 2.50. The van der Waals surface area contributed by atoms with Crippen molar-refractivity contribution in [3.8, 4) is 0 Å². The standard InChI is InChI=1S/C11H20N4S/c1-8-7-10(15-11(12-3)14-8)13-6-5-9(2)16-4/h7,9H,5-6H2,1-4H3,(H2,12,13,14,15). The largest absolute Gasteiger partial charge is 0.370 e. The lowest BCUT2D eigenvalue weighted by Crippen LogP contribution is -2.10. The highest BCUT2D eigenvalue weighted by molar-refractivity contribution is 7.99. The first-order valence-electron chi connectivity index (χ1n) is 5.45. The van der Waals surface area contributed by atoms with E-state index in [2.05, 4.69) is 33.8 Å². The number of thioether (sulfide) groups is 1. The van der Waals surface area contributed by atoms with Crippen molar-refractivity contribution in [1.29, 1.82) is 0 Å². The van der Waals surface area contributed by atoms with Gasteiger partial charge >= 0.3 is 0 Å². The Labute approximate surface area is 102 Å². The van der Waals surface area contributed by atoms with Crippen LogP contribution in [0.1, 0.15) is 19.0 Å². The van der Waals surface area contributed by atoms with Crippen LogP contribution >= 0.6 is 11.8 Å². The van der Waals surface area contributed by atoms with Crippen LogP contribution in [-0.2, 0) is 0 Å². The quantitative estimate of drug-likeness (QED) is 0.799. The molecule has 0 spiro atoms. The molecule has 4 nitrogen and oxygen atoms in total. The Morgan fingerprint density at radius 2 is 2.19 bits per heavy atom. The van der Waals surface area contributed by atoms with Crippen molar-refractivity contribution in [2.45, 2.75) is 25.5 Å². The van der Waals surface area contributed by atoms with Crippen LogP contribution in [0.15, 0.2) is 6.07 Å². The number of anilines is 2. The van der Waals surface area contributed by atoms with Gasteiger partial charge in [-0.05, 0) is 19.6 Å². The van der Waals surface area contributed by atoms with Crippen molar-refractivity contribution < 1.29 is 0 Å². The van der Waals surface area contributed by atoms with Gasteiger partial charge in [0.15, 0.2) is 0 Å². The van der Waals surface area contributed by atoms with Gasteiger partial charge in [-0.2, -0.15) is 16.7 Å². The highest BCUT2D eigenvalue weighted by Gasteiger charge is 2.02. The number of nitrogens with zero attached hydrogens (tertiary/aromatic N) is 2. The van der Waals surface area contributed by atoms with Gasteiger partial charge in [-0.3, -0.25) is 0 Å². The maximum absolute atomic E-state index is 4.33. The summed E-state index contributed by atoms with van der Waals surface area (Å²) in [6.45, 7) is 5.15. The maximum Gasteiger partial charge on any atom is 0.224 e. The van der Waals surface area contributed by atoms with Crippen molar-refractivity contribution in [2.24, 2.45) is 0 Å². The van der Waals surface area contributed by atoms with Gasteiger partial charge < -0.3 is 10.6 Å². The molecule has 16 heavy (non-hydrogen) atoms. The van der Waals surface area contributed by atoms with E-state index < -0.39 is 0 Å². The topological polar surface area (TPSA) is 49.8 Å². The lowest BCUT2D eigenvalue weighted by molar-refractivity contribution is 0.849. The molecule has 0 fully saturated rings. The van der Waals surface area contributed by atoms with Crippen molar-refractivity contribution in [3.05, 3.63) is 11.8 Å². The Morgan fingerprint density at radius 1 is 1.44 bits per heavy atom. The van der Waals surface area contributed by atoms with Gasteiger partial charge in [-0.1, -0.05) is 6.92 Å². The zero-order valence-corrected chi connectivity index (χ0v) is 11.2. The van der Waals surface area contributed by atoms with Crippen LogP contribution in [0.25, 0.3) is 0 Å². The van der Waals surface area contributed by atoms with Crippen molar-refractivity contribution in [1.82, 2.24) is 9.97 Å². The summed E-state index contributed by atoms with van der Waals surface area (Å²) < 4.78 is 0. The summed E-state index contributed by atoms with van der Waals surface area (Å²) in [6.07, 6.45) is 3.28. The van der Waals surface area contributed by atoms with Crippen molar-refractivity contribution in [2.75, 3.05) is 30.5 Å². The van der Waals surface area contributed by atoms with Gasteiger partial charge in [0.1, 0.15) is 5.82 Å². The minimum Gasteiger partial charge on any atom is -0.370 e. The summed E-state index contributed by atoms with van der Waals surface area (Å²) in [4.78, 5) is 8.58. The summed E-state index contributed by atoms with van der Waals surface area (Å²) in [7, 11) is 1.83. The van der Waals surface area contributed by atoms with E-state index in [1.807, 2.05) is 31.8 Å². The molecule has 0 aliphatic heterocycles. The number of aryl methyl sites for hydroxylation is 1.